The maximum absolute atomic E-state index is 12.5. The van der Waals surface area contributed by atoms with Crippen LogP contribution in [0.5, 0.6) is 0 Å². The van der Waals surface area contributed by atoms with E-state index in [1.165, 1.54) is 27.1 Å². The molecule has 3 heterocycles. The molecule has 0 aliphatic rings. The van der Waals surface area contributed by atoms with Crippen molar-refractivity contribution in [2.45, 2.75) is 26.8 Å². The van der Waals surface area contributed by atoms with Crippen LogP contribution in [0.3, 0.4) is 0 Å². The first kappa shape index (κ1) is 19.2. The van der Waals surface area contributed by atoms with Crippen LogP contribution in [-0.4, -0.2) is 34.6 Å². The van der Waals surface area contributed by atoms with Crippen LogP contribution in [0.4, 0.5) is 0 Å². The van der Waals surface area contributed by atoms with E-state index in [4.69, 9.17) is 4.74 Å². The average Bonchev–Trinajstić information content (AvgIpc) is 3.25. The lowest BCUT2D eigenvalue weighted by Gasteiger charge is -2.07. The largest absolute Gasteiger partial charge is 0.454 e. The molecular formula is C18H19N3O4S2. The van der Waals surface area contributed by atoms with E-state index in [0.29, 0.717) is 16.8 Å². The third-order valence-electron chi connectivity index (χ3n) is 4.09. The van der Waals surface area contributed by atoms with Gasteiger partial charge in [0.1, 0.15) is 11.4 Å². The molecule has 0 saturated carbocycles. The van der Waals surface area contributed by atoms with E-state index in [0.717, 1.165) is 16.9 Å². The predicted molar refractivity (Wildman–Crippen MR) is 105 cm³/mol. The number of hydrogen-bond acceptors (Lipinski definition) is 7. The summed E-state index contributed by atoms with van der Waals surface area (Å²) in [6.07, 6.45) is 2.07. The summed E-state index contributed by atoms with van der Waals surface area (Å²) in [5, 5.41) is 5.20. The summed E-state index contributed by atoms with van der Waals surface area (Å²) in [6.45, 7) is 3.62. The van der Waals surface area contributed by atoms with Crippen molar-refractivity contribution in [2.24, 2.45) is 0 Å². The molecular weight excluding hydrogens is 386 g/mol. The Labute approximate surface area is 163 Å². The molecule has 1 amide bonds. The molecule has 3 aromatic heterocycles. The van der Waals surface area contributed by atoms with Crippen molar-refractivity contribution >= 4 is 44.8 Å². The average molecular weight is 406 g/mol. The van der Waals surface area contributed by atoms with Gasteiger partial charge in [0.15, 0.2) is 6.61 Å². The molecule has 0 aromatic carbocycles. The Balaban J connectivity index is 1.51. The summed E-state index contributed by atoms with van der Waals surface area (Å²) in [4.78, 5) is 43.3. The monoisotopic (exact) mass is 405 g/mol. The SMILES string of the molecule is Cc1sc2ncn(CC(=O)OCC(=O)NCCc3cccs3)c(=O)c2c1C. The first-order chi connectivity index (χ1) is 13.0. The normalized spacial score (nSPS) is 10.9. The van der Waals surface area contributed by atoms with E-state index in [-0.39, 0.29) is 24.6 Å². The minimum absolute atomic E-state index is 0.279. The van der Waals surface area contributed by atoms with Crippen molar-refractivity contribution in [2.75, 3.05) is 13.2 Å². The van der Waals surface area contributed by atoms with E-state index in [1.54, 1.807) is 11.3 Å². The summed E-state index contributed by atoms with van der Waals surface area (Å²) >= 11 is 3.07. The molecule has 0 unspecified atom stereocenters. The van der Waals surface area contributed by atoms with Gasteiger partial charge in [-0.2, -0.15) is 0 Å². The molecule has 0 spiro atoms. The van der Waals surface area contributed by atoms with Gasteiger partial charge in [-0.1, -0.05) is 6.07 Å². The number of aromatic nitrogens is 2. The number of esters is 1. The number of rotatable bonds is 7. The van der Waals surface area contributed by atoms with Crippen LogP contribution >= 0.6 is 22.7 Å². The number of nitrogens with zero attached hydrogens (tertiary/aromatic N) is 2. The van der Waals surface area contributed by atoms with Crippen LogP contribution < -0.4 is 10.9 Å². The van der Waals surface area contributed by atoms with Crippen LogP contribution in [-0.2, 0) is 27.3 Å². The molecule has 142 valence electrons. The highest BCUT2D eigenvalue weighted by Gasteiger charge is 2.15. The Morgan fingerprint density at radius 3 is 2.89 bits per heavy atom. The van der Waals surface area contributed by atoms with E-state index < -0.39 is 5.97 Å². The topological polar surface area (TPSA) is 90.3 Å². The van der Waals surface area contributed by atoms with Crippen molar-refractivity contribution in [3.05, 3.63) is 49.5 Å². The summed E-state index contributed by atoms with van der Waals surface area (Å²) in [6, 6.07) is 3.95. The van der Waals surface area contributed by atoms with E-state index in [9.17, 15) is 14.4 Å². The number of carbonyl (C=O) groups excluding carboxylic acids is 2. The van der Waals surface area contributed by atoms with Gasteiger partial charge in [-0.3, -0.25) is 19.0 Å². The van der Waals surface area contributed by atoms with E-state index >= 15 is 0 Å². The Morgan fingerprint density at radius 2 is 2.15 bits per heavy atom. The fourth-order valence-electron chi connectivity index (χ4n) is 2.54. The number of nitrogens with one attached hydrogen (secondary N) is 1. The zero-order chi connectivity index (χ0) is 19.4. The van der Waals surface area contributed by atoms with Crippen LogP contribution in [0.2, 0.25) is 0 Å². The molecule has 0 atom stereocenters. The number of carbonyl (C=O) groups is 2. The van der Waals surface area contributed by atoms with Crippen LogP contribution in [0.25, 0.3) is 10.2 Å². The lowest BCUT2D eigenvalue weighted by Crippen LogP contribution is -2.32. The van der Waals surface area contributed by atoms with Gasteiger partial charge in [-0.15, -0.1) is 22.7 Å². The fourth-order valence-corrected chi connectivity index (χ4v) is 4.24. The van der Waals surface area contributed by atoms with Gasteiger partial charge in [-0.25, -0.2) is 4.98 Å². The molecule has 7 nitrogen and oxygen atoms in total. The Hall–Kier alpha value is -2.52. The molecule has 0 aliphatic carbocycles. The molecule has 0 saturated heterocycles. The first-order valence-corrected chi connectivity index (χ1v) is 10.0. The van der Waals surface area contributed by atoms with Crippen LogP contribution in [0, 0.1) is 13.8 Å². The van der Waals surface area contributed by atoms with E-state index in [1.807, 2.05) is 31.4 Å². The van der Waals surface area contributed by atoms with Crippen LogP contribution in [0.15, 0.2) is 28.6 Å². The van der Waals surface area contributed by atoms with Gasteiger partial charge in [0.25, 0.3) is 11.5 Å². The van der Waals surface area contributed by atoms with Gasteiger partial charge in [-0.05, 0) is 37.3 Å². The fraction of sp³-hybridized carbons (Fsp3) is 0.333. The molecule has 1 N–H and O–H groups in total. The number of ether oxygens (including phenoxy) is 1. The summed E-state index contributed by atoms with van der Waals surface area (Å²) in [7, 11) is 0. The zero-order valence-electron chi connectivity index (χ0n) is 15.0. The predicted octanol–water partition coefficient (Wildman–Crippen LogP) is 2.04. The Morgan fingerprint density at radius 1 is 1.33 bits per heavy atom. The molecule has 0 bridgehead atoms. The smallest absolute Gasteiger partial charge is 0.326 e. The molecule has 9 heteroatoms. The number of fused-ring (bicyclic) bond motifs is 1. The summed E-state index contributed by atoms with van der Waals surface area (Å²) in [5.74, 6) is -1.03. The summed E-state index contributed by atoms with van der Waals surface area (Å²) in [5.41, 5.74) is 0.597. The van der Waals surface area contributed by atoms with Gasteiger partial charge >= 0.3 is 5.97 Å². The highest BCUT2D eigenvalue weighted by atomic mass is 32.1. The summed E-state index contributed by atoms with van der Waals surface area (Å²) < 4.78 is 6.17. The highest BCUT2D eigenvalue weighted by Crippen LogP contribution is 2.25. The zero-order valence-corrected chi connectivity index (χ0v) is 16.6. The highest BCUT2D eigenvalue weighted by molar-refractivity contribution is 7.18. The first-order valence-electron chi connectivity index (χ1n) is 8.35. The second-order valence-electron chi connectivity index (χ2n) is 5.98. The van der Waals surface area contributed by atoms with Crippen molar-refractivity contribution in [1.29, 1.82) is 0 Å². The standard InChI is InChI=1S/C18H19N3O4S2/c1-11-12(2)27-17-16(11)18(24)21(10-20-17)8-15(23)25-9-14(22)19-6-5-13-4-3-7-26-13/h3-4,7,10H,5-6,8-9H2,1-2H3,(H,19,22). The van der Waals surface area contributed by atoms with Gasteiger partial charge < -0.3 is 10.1 Å². The quantitative estimate of drug-likeness (QED) is 0.608. The lowest BCUT2D eigenvalue weighted by atomic mass is 10.2. The molecule has 0 aliphatic heterocycles. The van der Waals surface area contributed by atoms with Crippen LogP contribution in [0.1, 0.15) is 15.3 Å². The third-order valence-corrected chi connectivity index (χ3v) is 6.14. The molecule has 3 rings (SSSR count). The minimum Gasteiger partial charge on any atom is -0.454 e. The van der Waals surface area contributed by atoms with Gasteiger partial charge in [0.2, 0.25) is 0 Å². The molecule has 0 radical (unpaired) electrons. The van der Waals surface area contributed by atoms with E-state index in [2.05, 4.69) is 10.3 Å². The maximum atomic E-state index is 12.5. The number of amides is 1. The third kappa shape index (κ3) is 4.61. The number of aryl methyl sites for hydroxylation is 2. The van der Waals surface area contributed by atoms with Gasteiger partial charge in [0, 0.05) is 16.3 Å². The second-order valence-corrected chi connectivity index (χ2v) is 8.22. The Kier molecular flexibility index (Phi) is 6.02. The molecule has 0 fully saturated rings. The second kappa shape index (κ2) is 8.45. The maximum Gasteiger partial charge on any atom is 0.326 e. The van der Waals surface area contributed by atoms with Crippen molar-refractivity contribution in [3.63, 3.8) is 0 Å². The lowest BCUT2D eigenvalue weighted by molar-refractivity contribution is -0.149. The Bertz CT molecular complexity index is 1020. The van der Waals surface area contributed by atoms with Crippen molar-refractivity contribution < 1.29 is 14.3 Å². The molecule has 27 heavy (non-hydrogen) atoms. The van der Waals surface area contributed by atoms with Crippen molar-refractivity contribution in [1.82, 2.24) is 14.9 Å². The number of thiophene rings is 2. The van der Waals surface area contributed by atoms with Gasteiger partial charge in [0.05, 0.1) is 11.7 Å². The number of hydrogen-bond donors (Lipinski definition) is 1. The molecule has 3 aromatic rings. The minimum atomic E-state index is -0.656. The van der Waals surface area contributed by atoms with Crippen molar-refractivity contribution in [3.8, 4) is 0 Å².